The van der Waals surface area contributed by atoms with E-state index in [1.807, 2.05) is 12.1 Å². The molecule has 6 nitrogen and oxygen atoms in total. The van der Waals surface area contributed by atoms with Crippen molar-refractivity contribution in [3.63, 3.8) is 0 Å². The summed E-state index contributed by atoms with van der Waals surface area (Å²) in [4.78, 5) is 15.0. The van der Waals surface area contributed by atoms with Crippen molar-refractivity contribution in [2.75, 3.05) is 31.1 Å². The monoisotopic (exact) mass is 507 g/mol. The number of hydrogen-bond donors (Lipinski definition) is 2. The SMILES string of the molecule is O=C(O)c1ccccc1C1=c2cc3c4c(c2Oc2c1cc1c5c2CCCN5CCC1)C[C@@H](O)C[N+]=4CCC3. The molecule has 0 saturated carbocycles. The lowest BCUT2D eigenvalue weighted by Crippen LogP contribution is -2.50. The van der Waals surface area contributed by atoms with Gasteiger partial charge in [-0.25, -0.2) is 9.37 Å². The molecule has 0 spiro atoms. The quantitative estimate of drug-likeness (QED) is 0.409. The number of nitrogens with zero attached hydrogens (tertiary/aromatic N) is 2. The molecule has 0 aliphatic carbocycles. The second-order valence-corrected chi connectivity index (χ2v) is 11.4. The number of carboxylic acids is 1. The zero-order chi connectivity index (χ0) is 25.5. The van der Waals surface area contributed by atoms with Crippen molar-refractivity contribution in [2.24, 2.45) is 0 Å². The number of fused-ring (bicyclic) bond motifs is 4. The minimum atomic E-state index is -0.922. The third kappa shape index (κ3) is 3.10. The van der Waals surface area contributed by atoms with Gasteiger partial charge in [-0.05, 0) is 61.4 Å². The number of aliphatic hydroxyl groups excluding tert-OH is 1. The summed E-state index contributed by atoms with van der Waals surface area (Å²) in [5.41, 5.74) is 9.31. The largest absolute Gasteiger partial charge is 0.478 e. The maximum atomic E-state index is 12.5. The lowest BCUT2D eigenvalue weighted by Gasteiger charge is -2.39. The number of carboxylic acid groups (broad SMARTS) is 1. The van der Waals surface area contributed by atoms with Crippen LogP contribution in [0.2, 0.25) is 0 Å². The summed E-state index contributed by atoms with van der Waals surface area (Å²) in [5, 5.41) is 23.3. The summed E-state index contributed by atoms with van der Waals surface area (Å²) in [6.45, 7) is 3.75. The molecule has 0 bridgehead atoms. The highest BCUT2D eigenvalue weighted by Gasteiger charge is 2.37. The van der Waals surface area contributed by atoms with Crippen LogP contribution < -0.4 is 24.8 Å². The van der Waals surface area contributed by atoms with Gasteiger partial charge in [0.15, 0.2) is 6.54 Å². The van der Waals surface area contributed by atoms with Crippen LogP contribution in [-0.2, 0) is 25.7 Å². The Morgan fingerprint density at radius 2 is 1.76 bits per heavy atom. The fourth-order valence-electron chi connectivity index (χ4n) is 7.72. The number of hydrogen-bond acceptors (Lipinski definition) is 4. The van der Waals surface area contributed by atoms with Crippen LogP contribution in [0.3, 0.4) is 0 Å². The molecule has 192 valence electrons. The number of anilines is 1. The van der Waals surface area contributed by atoms with Crippen LogP contribution in [0.15, 0.2) is 36.4 Å². The minimum Gasteiger partial charge on any atom is -0.478 e. The van der Waals surface area contributed by atoms with E-state index in [0.29, 0.717) is 18.5 Å². The summed E-state index contributed by atoms with van der Waals surface area (Å²) < 4.78 is 9.31. The highest BCUT2D eigenvalue weighted by molar-refractivity contribution is 5.99. The first-order valence-corrected chi connectivity index (χ1v) is 14.0. The molecule has 1 atom stereocenters. The number of aromatic carboxylic acids is 1. The molecule has 0 amide bonds. The van der Waals surface area contributed by atoms with Crippen LogP contribution in [-0.4, -0.2) is 48.5 Å². The Morgan fingerprint density at radius 1 is 0.947 bits per heavy atom. The molecular formula is C32H31N2O4+. The number of benzene rings is 3. The normalized spacial score (nSPS) is 20.7. The smallest absolute Gasteiger partial charge is 0.336 e. The zero-order valence-electron chi connectivity index (χ0n) is 21.4. The molecule has 5 aliphatic rings. The molecule has 0 saturated heterocycles. The third-order valence-electron chi connectivity index (χ3n) is 9.13. The van der Waals surface area contributed by atoms with Crippen molar-refractivity contribution in [1.29, 1.82) is 0 Å². The average Bonchev–Trinajstić information content (AvgIpc) is 2.92. The van der Waals surface area contributed by atoms with E-state index in [0.717, 1.165) is 97.1 Å². The van der Waals surface area contributed by atoms with Crippen LogP contribution in [0.1, 0.15) is 63.0 Å². The van der Waals surface area contributed by atoms with E-state index >= 15 is 0 Å². The molecule has 3 aromatic rings. The van der Waals surface area contributed by atoms with Gasteiger partial charge in [-0.1, -0.05) is 18.2 Å². The van der Waals surface area contributed by atoms with Crippen LogP contribution in [0.5, 0.6) is 11.5 Å². The van der Waals surface area contributed by atoms with E-state index in [1.165, 1.54) is 27.7 Å². The Hall–Kier alpha value is -3.64. The first-order chi connectivity index (χ1) is 18.6. The summed E-state index contributed by atoms with van der Waals surface area (Å²) >= 11 is 0. The Labute approximate surface area is 221 Å². The fraction of sp³-hybridized carbons (Fsp3) is 0.375. The summed E-state index contributed by atoms with van der Waals surface area (Å²) in [7, 11) is 0. The number of ether oxygens (including phenoxy) is 1. The number of aliphatic hydroxyl groups is 1. The van der Waals surface area contributed by atoms with Crippen molar-refractivity contribution in [2.45, 2.75) is 51.0 Å². The molecular weight excluding hydrogens is 476 g/mol. The van der Waals surface area contributed by atoms with Gasteiger partial charge in [-0.15, -0.1) is 0 Å². The van der Waals surface area contributed by atoms with Crippen molar-refractivity contribution in [3.8, 4) is 11.5 Å². The van der Waals surface area contributed by atoms with Crippen LogP contribution in [0.4, 0.5) is 5.69 Å². The topological polar surface area (TPSA) is 73.0 Å². The third-order valence-corrected chi connectivity index (χ3v) is 9.13. The Bertz CT molecular complexity index is 1690. The molecule has 8 rings (SSSR count). The summed E-state index contributed by atoms with van der Waals surface area (Å²) in [5.74, 6) is 0.770. The Kier molecular flexibility index (Phi) is 4.81. The summed E-state index contributed by atoms with van der Waals surface area (Å²) in [6.07, 6.45) is 6.34. The van der Waals surface area contributed by atoms with E-state index in [-0.39, 0.29) is 0 Å². The van der Waals surface area contributed by atoms with Crippen molar-refractivity contribution >= 4 is 17.2 Å². The molecule has 2 N–H and O–H groups in total. The predicted molar refractivity (Wildman–Crippen MR) is 145 cm³/mol. The second kappa shape index (κ2) is 8.18. The van der Waals surface area contributed by atoms with Crippen molar-refractivity contribution < 1.29 is 19.7 Å². The van der Waals surface area contributed by atoms with Crippen LogP contribution >= 0.6 is 0 Å². The van der Waals surface area contributed by atoms with Gasteiger partial charge < -0.3 is 19.8 Å². The van der Waals surface area contributed by atoms with E-state index in [4.69, 9.17) is 4.74 Å². The molecule has 6 heteroatoms. The van der Waals surface area contributed by atoms with E-state index < -0.39 is 12.1 Å². The van der Waals surface area contributed by atoms with E-state index in [9.17, 15) is 15.0 Å². The molecule has 5 aliphatic heterocycles. The average molecular weight is 508 g/mol. The first kappa shape index (κ1) is 22.4. The Morgan fingerprint density at radius 3 is 2.63 bits per heavy atom. The zero-order valence-corrected chi connectivity index (χ0v) is 21.4. The fourth-order valence-corrected chi connectivity index (χ4v) is 7.72. The van der Waals surface area contributed by atoms with Gasteiger partial charge in [-0.3, -0.25) is 0 Å². The van der Waals surface area contributed by atoms with Gasteiger partial charge >= 0.3 is 5.97 Å². The van der Waals surface area contributed by atoms with E-state index in [2.05, 4.69) is 21.6 Å². The maximum Gasteiger partial charge on any atom is 0.336 e. The van der Waals surface area contributed by atoms with Crippen molar-refractivity contribution in [3.05, 3.63) is 85.9 Å². The highest BCUT2D eigenvalue weighted by Crippen LogP contribution is 2.48. The molecule has 3 aromatic carbocycles. The first-order valence-electron chi connectivity index (χ1n) is 14.0. The lowest BCUT2D eigenvalue weighted by atomic mass is 9.81. The number of aryl methyl sites for hydroxylation is 2. The van der Waals surface area contributed by atoms with Crippen LogP contribution in [0.25, 0.3) is 5.57 Å². The van der Waals surface area contributed by atoms with Crippen molar-refractivity contribution in [1.82, 2.24) is 4.58 Å². The van der Waals surface area contributed by atoms with Gasteiger partial charge in [0.2, 0.25) is 5.36 Å². The van der Waals surface area contributed by atoms with Gasteiger partial charge in [0.1, 0.15) is 24.1 Å². The van der Waals surface area contributed by atoms with Gasteiger partial charge in [0.25, 0.3) is 0 Å². The van der Waals surface area contributed by atoms with Gasteiger partial charge in [-0.2, -0.15) is 0 Å². The van der Waals surface area contributed by atoms with Gasteiger partial charge in [0, 0.05) is 59.1 Å². The minimum absolute atomic E-state index is 0.308. The standard InChI is InChI=1S/C32H30N2O4/c35-20-16-26-29-19(7-4-13-34(29)17-20)15-25-27(21-8-1-2-9-22(21)32(36)37)24-14-18-6-3-11-33-12-5-10-23(28(18)33)30(24)38-31(25)26/h1-2,8-9,14-15,20,35H,3-7,10-13,16-17H2/p+1/t20-/m1/s1. The lowest BCUT2D eigenvalue weighted by molar-refractivity contribution is 0.0696. The molecule has 38 heavy (non-hydrogen) atoms. The molecule has 0 unspecified atom stereocenters. The van der Waals surface area contributed by atoms with E-state index in [1.54, 1.807) is 12.1 Å². The molecule has 0 fully saturated rings. The molecule has 5 heterocycles. The molecule has 0 radical (unpaired) electrons. The predicted octanol–water partition coefficient (Wildman–Crippen LogP) is 2.79. The van der Waals surface area contributed by atoms with Gasteiger partial charge in [0.05, 0.1) is 11.1 Å². The molecule has 0 aromatic heterocycles. The maximum absolute atomic E-state index is 12.5. The second-order valence-electron chi connectivity index (χ2n) is 11.4. The summed E-state index contributed by atoms with van der Waals surface area (Å²) in [6, 6.07) is 11.9. The number of carbonyl (C=O) groups is 1. The Balaban J connectivity index is 1.54. The number of rotatable bonds is 2. The highest BCUT2D eigenvalue weighted by atomic mass is 16.5. The van der Waals surface area contributed by atoms with Crippen LogP contribution in [0, 0.1) is 0 Å².